The summed E-state index contributed by atoms with van der Waals surface area (Å²) in [5.41, 5.74) is 2.64. The van der Waals surface area contributed by atoms with Crippen molar-refractivity contribution in [3.05, 3.63) is 88.0 Å². The fraction of sp³-hybridized carbons (Fsp3) is 0.136. The Balaban J connectivity index is 1.86. The van der Waals surface area contributed by atoms with Gasteiger partial charge in [-0.2, -0.15) is 0 Å². The van der Waals surface area contributed by atoms with E-state index in [-0.39, 0.29) is 12.3 Å². The number of ether oxygens (including phenoxy) is 3. The molecule has 0 radical (unpaired) electrons. The zero-order valence-electron chi connectivity index (χ0n) is 16.0. The van der Waals surface area contributed by atoms with Crippen molar-refractivity contribution in [3.63, 3.8) is 0 Å². The molecule has 3 aromatic carbocycles. The Labute approximate surface area is 167 Å². The average molecular weight is 393 g/mol. The van der Waals surface area contributed by atoms with Gasteiger partial charge in [0.15, 0.2) is 0 Å². The molecule has 0 spiro atoms. The second-order valence-electron chi connectivity index (χ2n) is 6.14. The van der Waals surface area contributed by atoms with Crippen molar-refractivity contribution in [1.29, 1.82) is 0 Å². The molecule has 0 saturated heterocycles. The predicted octanol–water partition coefficient (Wildman–Crippen LogP) is 4.64. The summed E-state index contributed by atoms with van der Waals surface area (Å²) >= 11 is 0. The van der Waals surface area contributed by atoms with Crippen LogP contribution in [0.5, 0.6) is 11.5 Å². The minimum absolute atomic E-state index is 0.0226. The van der Waals surface area contributed by atoms with E-state index in [2.05, 4.69) is 4.74 Å². The molecule has 148 valence electrons. The third kappa shape index (κ3) is 4.70. The molecule has 3 aromatic rings. The fourth-order valence-corrected chi connectivity index (χ4v) is 2.77. The Bertz CT molecular complexity index is 1010. The number of esters is 1. The highest BCUT2D eigenvalue weighted by atomic mass is 16.6. The molecule has 0 aliphatic heterocycles. The summed E-state index contributed by atoms with van der Waals surface area (Å²) in [6.45, 7) is 0.239. The minimum atomic E-state index is -0.442. The maximum atomic E-state index is 11.5. The van der Waals surface area contributed by atoms with E-state index in [1.807, 2.05) is 12.1 Å². The number of methoxy groups -OCH3 is 2. The van der Waals surface area contributed by atoms with Crippen molar-refractivity contribution in [1.82, 2.24) is 0 Å². The zero-order valence-corrected chi connectivity index (χ0v) is 16.0. The summed E-state index contributed by atoms with van der Waals surface area (Å²) in [7, 11) is 2.90. The molecule has 0 aromatic heterocycles. The first-order valence-corrected chi connectivity index (χ1v) is 8.74. The molecule has 0 aliphatic rings. The standard InChI is InChI=1S/C22H19NO6/c1-27-19-10-7-16(8-11-19)20-13-18(23(25)26)9-12-21(20)29-14-15-3-5-17(6-4-15)22(24)28-2/h3-13H,14H2,1-2H3. The van der Waals surface area contributed by atoms with Crippen molar-refractivity contribution in [2.45, 2.75) is 6.61 Å². The van der Waals surface area contributed by atoms with E-state index in [9.17, 15) is 14.9 Å². The summed E-state index contributed by atoms with van der Waals surface area (Å²) in [5, 5.41) is 11.2. The van der Waals surface area contributed by atoms with Gasteiger partial charge in [-0.05, 0) is 41.5 Å². The van der Waals surface area contributed by atoms with Crippen LogP contribution in [0.1, 0.15) is 15.9 Å². The van der Waals surface area contributed by atoms with Gasteiger partial charge >= 0.3 is 5.97 Å². The maximum absolute atomic E-state index is 11.5. The lowest BCUT2D eigenvalue weighted by Crippen LogP contribution is -2.02. The van der Waals surface area contributed by atoms with E-state index >= 15 is 0 Å². The number of carbonyl (C=O) groups excluding carboxylic acids is 1. The van der Waals surface area contributed by atoms with Crippen molar-refractivity contribution in [3.8, 4) is 22.6 Å². The van der Waals surface area contributed by atoms with Crippen LogP contribution in [-0.4, -0.2) is 25.1 Å². The Kier molecular flexibility index (Phi) is 6.09. The normalized spacial score (nSPS) is 10.3. The molecule has 0 bridgehead atoms. The van der Waals surface area contributed by atoms with E-state index in [0.717, 1.165) is 11.1 Å². The lowest BCUT2D eigenvalue weighted by molar-refractivity contribution is -0.384. The molecular formula is C22H19NO6. The van der Waals surface area contributed by atoms with Crippen molar-refractivity contribution < 1.29 is 23.9 Å². The van der Waals surface area contributed by atoms with Crippen molar-refractivity contribution in [2.24, 2.45) is 0 Å². The third-order valence-electron chi connectivity index (χ3n) is 4.34. The highest BCUT2D eigenvalue weighted by Crippen LogP contribution is 2.34. The average Bonchev–Trinajstić information content (AvgIpc) is 2.77. The molecular weight excluding hydrogens is 374 g/mol. The molecule has 0 unspecified atom stereocenters. The molecule has 7 heteroatoms. The predicted molar refractivity (Wildman–Crippen MR) is 107 cm³/mol. The Hall–Kier alpha value is -3.87. The third-order valence-corrected chi connectivity index (χ3v) is 4.34. The first-order chi connectivity index (χ1) is 14.0. The van der Waals surface area contributed by atoms with Gasteiger partial charge in [-0.15, -0.1) is 0 Å². The van der Waals surface area contributed by atoms with Crippen LogP contribution in [0.25, 0.3) is 11.1 Å². The molecule has 29 heavy (non-hydrogen) atoms. The molecule has 3 rings (SSSR count). The van der Waals surface area contributed by atoms with Crippen LogP contribution >= 0.6 is 0 Å². The Morgan fingerprint density at radius 1 is 0.966 bits per heavy atom. The van der Waals surface area contributed by atoms with Gasteiger partial charge < -0.3 is 14.2 Å². The SMILES string of the molecule is COC(=O)c1ccc(COc2ccc([N+](=O)[O-])cc2-c2ccc(OC)cc2)cc1. The highest BCUT2D eigenvalue weighted by molar-refractivity contribution is 5.89. The molecule has 0 fully saturated rings. The molecule has 0 saturated carbocycles. The summed E-state index contributed by atoms with van der Waals surface area (Å²) < 4.78 is 15.8. The number of nitro benzene ring substituents is 1. The number of hydrogen-bond acceptors (Lipinski definition) is 6. The van der Waals surface area contributed by atoms with E-state index in [1.165, 1.54) is 19.2 Å². The fourth-order valence-electron chi connectivity index (χ4n) is 2.77. The number of carbonyl (C=O) groups is 1. The Morgan fingerprint density at radius 3 is 2.24 bits per heavy atom. The van der Waals surface area contributed by atoms with Crippen LogP contribution in [0, 0.1) is 10.1 Å². The molecule has 0 aliphatic carbocycles. The quantitative estimate of drug-likeness (QED) is 0.330. The Morgan fingerprint density at radius 2 is 1.66 bits per heavy atom. The number of benzene rings is 3. The summed E-state index contributed by atoms with van der Waals surface area (Å²) in [4.78, 5) is 22.3. The molecule has 0 atom stereocenters. The van der Waals surface area contributed by atoms with E-state index in [1.54, 1.807) is 49.6 Å². The van der Waals surface area contributed by atoms with Crippen LogP contribution in [0.3, 0.4) is 0 Å². The summed E-state index contributed by atoms with van der Waals surface area (Å²) in [6.07, 6.45) is 0. The van der Waals surface area contributed by atoms with Gasteiger partial charge in [0.05, 0.1) is 24.7 Å². The van der Waals surface area contributed by atoms with Gasteiger partial charge in [0.25, 0.3) is 5.69 Å². The molecule has 0 amide bonds. The van der Waals surface area contributed by atoms with Gasteiger partial charge in [0, 0.05) is 17.7 Å². The maximum Gasteiger partial charge on any atom is 0.337 e. The van der Waals surface area contributed by atoms with E-state index in [4.69, 9.17) is 9.47 Å². The topological polar surface area (TPSA) is 87.9 Å². The van der Waals surface area contributed by atoms with Crippen LogP contribution in [0.15, 0.2) is 66.7 Å². The molecule has 0 heterocycles. The minimum Gasteiger partial charge on any atom is -0.497 e. The molecule has 7 nitrogen and oxygen atoms in total. The number of hydrogen-bond donors (Lipinski definition) is 0. The van der Waals surface area contributed by atoms with Gasteiger partial charge in [-0.1, -0.05) is 24.3 Å². The van der Waals surface area contributed by atoms with E-state index in [0.29, 0.717) is 22.6 Å². The highest BCUT2D eigenvalue weighted by Gasteiger charge is 2.14. The van der Waals surface area contributed by atoms with Gasteiger partial charge in [-0.25, -0.2) is 4.79 Å². The second kappa shape index (κ2) is 8.88. The largest absolute Gasteiger partial charge is 0.497 e. The summed E-state index contributed by atoms with van der Waals surface area (Å²) in [6, 6.07) is 18.5. The van der Waals surface area contributed by atoms with Gasteiger partial charge in [0.2, 0.25) is 0 Å². The lowest BCUT2D eigenvalue weighted by Gasteiger charge is -2.12. The first-order valence-electron chi connectivity index (χ1n) is 8.74. The van der Waals surface area contributed by atoms with Crippen molar-refractivity contribution >= 4 is 11.7 Å². The number of rotatable bonds is 7. The van der Waals surface area contributed by atoms with Crippen LogP contribution in [0.2, 0.25) is 0 Å². The van der Waals surface area contributed by atoms with E-state index < -0.39 is 10.9 Å². The first kappa shape index (κ1) is 19.9. The number of non-ortho nitro benzene ring substituents is 1. The number of nitro groups is 1. The van der Waals surface area contributed by atoms with Crippen LogP contribution in [0.4, 0.5) is 5.69 Å². The van der Waals surface area contributed by atoms with Crippen molar-refractivity contribution in [2.75, 3.05) is 14.2 Å². The zero-order chi connectivity index (χ0) is 20.8. The second-order valence-corrected chi connectivity index (χ2v) is 6.14. The van der Waals surface area contributed by atoms with Gasteiger partial charge in [-0.3, -0.25) is 10.1 Å². The number of nitrogens with zero attached hydrogens (tertiary/aromatic N) is 1. The lowest BCUT2D eigenvalue weighted by atomic mass is 10.0. The van der Waals surface area contributed by atoms with Crippen LogP contribution < -0.4 is 9.47 Å². The summed E-state index contributed by atoms with van der Waals surface area (Å²) in [5.74, 6) is 0.791. The monoisotopic (exact) mass is 393 g/mol. The smallest absolute Gasteiger partial charge is 0.337 e. The van der Waals surface area contributed by atoms with Gasteiger partial charge in [0.1, 0.15) is 18.1 Å². The van der Waals surface area contributed by atoms with Crippen LogP contribution in [-0.2, 0) is 11.3 Å². The molecule has 0 N–H and O–H groups in total.